The third-order valence-corrected chi connectivity index (χ3v) is 2.70. The number of aliphatic hydroxyl groups excluding tert-OH is 2. The third-order valence-electron chi connectivity index (χ3n) is 2.70. The van der Waals surface area contributed by atoms with E-state index in [9.17, 15) is 5.11 Å². The van der Waals surface area contributed by atoms with Gasteiger partial charge in [0.15, 0.2) is 0 Å². The molecule has 2 N–H and O–H groups in total. The van der Waals surface area contributed by atoms with Gasteiger partial charge < -0.3 is 19.7 Å². The van der Waals surface area contributed by atoms with E-state index in [0.717, 1.165) is 6.54 Å². The Morgan fingerprint density at radius 3 is 2.71 bits per heavy atom. The number of ether oxygens (including phenoxy) is 2. The summed E-state index contributed by atoms with van der Waals surface area (Å²) < 4.78 is 10.9. The highest BCUT2D eigenvalue weighted by atomic mass is 16.5. The molecule has 0 radical (unpaired) electrons. The fourth-order valence-electron chi connectivity index (χ4n) is 2.04. The first kappa shape index (κ1) is 14.9. The minimum atomic E-state index is -0.484. The summed E-state index contributed by atoms with van der Waals surface area (Å²) in [6.45, 7) is 8.28. The first-order valence-corrected chi connectivity index (χ1v) is 6.29. The Kier molecular flexibility index (Phi) is 6.37. The summed E-state index contributed by atoms with van der Waals surface area (Å²) in [5.74, 6) is 0. The quantitative estimate of drug-likeness (QED) is 0.684. The molecule has 0 aromatic carbocycles. The van der Waals surface area contributed by atoms with Crippen LogP contribution in [-0.4, -0.2) is 72.4 Å². The smallest absolute Gasteiger partial charge is 0.0936 e. The number of hydrogen-bond donors (Lipinski definition) is 2. The number of hydrogen-bond acceptors (Lipinski definition) is 5. The van der Waals surface area contributed by atoms with E-state index >= 15 is 0 Å². The maximum Gasteiger partial charge on any atom is 0.0936 e. The Morgan fingerprint density at radius 1 is 1.41 bits per heavy atom. The zero-order chi connectivity index (χ0) is 12.8. The van der Waals surface area contributed by atoms with Gasteiger partial charge in [-0.2, -0.15) is 0 Å². The van der Waals surface area contributed by atoms with Crippen LogP contribution >= 0.6 is 0 Å². The van der Waals surface area contributed by atoms with Crippen molar-refractivity contribution in [2.24, 2.45) is 0 Å². The summed E-state index contributed by atoms with van der Waals surface area (Å²) in [6.07, 6.45) is -0.392. The number of rotatable bonds is 6. The van der Waals surface area contributed by atoms with Crippen molar-refractivity contribution in [2.75, 3.05) is 32.8 Å². The minimum Gasteiger partial charge on any atom is -0.394 e. The Morgan fingerprint density at radius 2 is 2.12 bits per heavy atom. The van der Waals surface area contributed by atoms with E-state index in [1.165, 1.54) is 0 Å². The minimum absolute atomic E-state index is 0.0272. The van der Waals surface area contributed by atoms with Crippen LogP contribution in [0.25, 0.3) is 0 Å². The molecule has 1 aliphatic heterocycles. The fourth-order valence-corrected chi connectivity index (χ4v) is 2.04. The largest absolute Gasteiger partial charge is 0.394 e. The lowest BCUT2D eigenvalue weighted by Crippen LogP contribution is -2.50. The van der Waals surface area contributed by atoms with Gasteiger partial charge >= 0.3 is 0 Å². The molecule has 0 bridgehead atoms. The van der Waals surface area contributed by atoms with Crippen molar-refractivity contribution < 1.29 is 19.7 Å². The van der Waals surface area contributed by atoms with Crippen LogP contribution in [0.4, 0.5) is 0 Å². The molecule has 102 valence electrons. The summed E-state index contributed by atoms with van der Waals surface area (Å²) in [5.41, 5.74) is 0. The van der Waals surface area contributed by atoms with Gasteiger partial charge in [-0.1, -0.05) is 0 Å². The van der Waals surface area contributed by atoms with Crippen LogP contribution in [0.15, 0.2) is 0 Å². The van der Waals surface area contributed by atoms with Gasteiger partial charge in [0, 0.05) is 19.6 Å². The molecule has 0 aliphatic carbocycles. The summed E-state index contributed by atoms with van der Waals surface area (Å²) in [4.78, 5) is 2.11. The highest BCUT2D eigenvalue weighted by Gasteiger charge is 2.25. The molecule has 0 spiro atoms. The van der Waals surface area contributed by atoms with Gasteiger partial charge in [-0.3, -0.25) is 4.90 Å². The molecular formula is C12H25NO4. The molecule has 1 fully saturated rings. The number of morpholine rings is 1. The lowest BCUT2D eigenvalue weighted by Gasteiger charge is -2.37. The number of nitrogens with zero attached hydrogens (tertiary/aromatic N) is 1. The molecular weight excluding hydrogens is 222 g/mol. The van der Waals surface area contributed by atoms with Crippen LogP contribution in [0.5, 0.6) is 0 Å². The summed E-state index contributed by atoms with van der Waals surface area (Å²) in [6, 6.07) is 0. The van der Waals surface area contributed by atoms with Crippen molar-refractivity contribution >= 4 is 0 Å². The average molecular weight is 247 g/mol. The first-order chi connectivity index (χ1) is 8.01. The van der Waals surface area contributed by atoms with Gasteiger partial charge in [-0.25, -0.2) is 0 Å². The standard InChI is InChI=1S/C12H25NO4/c1-9(2)16-8-11(15)5-13-4-10(3)17-12(6-13)7-14/h9-12,14-15H,4-8H2,1-3H3. The fraction of sp³-hybridized carbons (Fsp3) is 1.00. The van der Waals surface area contributed by atoms with Crippen LogP contribution in [0, 0.1) is 0 Å². The van der Waals surface area contributed by atoms with Gasteiger partial charge in [0.25, 0.3) is 0 Å². The highest BCUT2D eigenvalue weighted by Crippen LogP contribution is 2.11. The second-order valence-corrected chi connectivity index (χ2v) is 5.01. The van der Waals surface area contributed by atoms with Crippen LogP contribution in [0.3, 0.4) is 0 Å². The molecule has 0 aromatic rings. The lowest BCUT2D eigenvalue weighted by atomic mass is 10.2. The van der Waals surface area contributed by atoms with Crippen LogP contribution in [-0.2, 0) is 9.47 Å². The monoisotopic (exact) mass is 247 g/mol. The number of β-amino-alcohol motifs (C(OH)–C–C–N with tert-alkyl or cyclic N) is 1. The maximum absolute atomic E-state index is 9.83. The van der Waals surface area contributed by atoms with Gasteiger partial charge in [0.1, 0.15) is 0 Å². The van der Waals surface area contributed by atoms with Crippen molar-refractivity contribution in [1.29, 1.82) is 0 Å². The molecule has 3 unspecified atom stereocenters. The van der Waals surface area contributed by atoms with E-state index in [-0.39, 0.29) is 24.9 Å². The normalized spacial score (nSPS) is 28.6. The molecule has 3 atom stereocenters. The van der Waals surface area contributed by atoms with Crippen molar-refractivity contribution in [3.8, 4) is 0 Å². The Bertz CT molecular complexity index is 213. The van der Waals surface area contributed by atoms with Crippen LogP contribution < -0.4 is 0 Å². The Labute approximate surface area is 103 Å². The van der Waals surface area contributed by atoms with Gasteiger partial charge in [0.2, 0.25) is 0 Å². The van der Waals surface area contributed by atoms with Gasteiger partial charge in [-0.05, 0) is 20.8 Å². The van der Waals surface area contributed by atoms with Gasteiger partial charge in [-0.15, -0.1) is 0 Å². The summed E-state index contributed by atoms with van der Waals surface area (Å²) in [7, 11) is 0. The van der Waals surface area contributed by atoms with E-state index in [1.807, 2.05) is 20.8 Å². The topological polar surface area (TPSA) is 62.2 Å². The summed E-state index contributed by atoms with van der Waals surface area (Å²) >= 11 is 0. The van der Waals surface area contributed by atoms with Crippen molar-refractivity contribution in [3.05, 3.63) is 0 Å². The van der Waals surface area contributed by atoms with Crippen LogP contribution in [0.1, 0.15) is 20.8 Å². The van der Waals surface area contributed by atoms with E-state index in [4.69, 9.17) is 14.6 Å². The van der Waals surface area contributed by atoms with Crippen molar-refractivity contribution in [1.82, 2.24) is 4.90 Å². The van der Waals surface area contributed by atoms with Crippen molar-refractivity contribution in [3.63, 3.8) is 0 Å². The third kappa shape index (κ3) is 5.79. The Hall–Kier alpha value is -0.200. The second-order valence-electron chi connectivity index (χ2n) is 5.01. The molecule has 0 aromatic heterocycles. The Balaban J connectivity index is 2.29. The molecule has 1 aliphatic rings. The molecule has 1 rings (SSSR count). The van der Waals surface area contributed by atoms with Gasteiger partial charge in [0.05, 0.1) is 37.6 Å². The molecule has 1 heterocycles. The lowest BCUT2D eigenvalue weighted by molar-refractivity contribution is -0.106. The van der Waals surface area contributed by atoms with E-state index < -0.39 is 6.10 Å². The average Bonchev–Trinajstić information content (AvgIpc) is 2.25. The van der Waals surface area contributed by atoms with E-state index in [2.05, 4.69) is 4.90 Å². The second kappa shape index (κ2) is 7.28. The van der Waals surface area contributed by atoms with E-state index in [1.54, 1.807) is 0 Å². The molecule has 5 heteroatoms. The highest BCUT2D eigenvalue weighted by molar-refractivity contribution is 4.77. The SMILES string of the molecule is CC(C)OCC(O)CN1CC(C)OC(CO)C1. The van der Waals surface area contributed by atoms with Crippen molar-refractivity contribution in [2.45, 2.75) is 45.2 Å². The summed E-state index contributed by atoms with van der Waals surface area (Å²) in [5, 5.41) is 18.9. The first-order valence-electron chi connectivity index (χ1n) is 6.29. The number of aliphatic hydroxyl groups is 2. The molecule has 5 nitrogen and oxygen atoms in total. The zero-order valence-corrected chi connectivity index (χ0v) is 11.0. The molecule has 1 saturated heterocycles. The predicted octanol–water partition coefficient (Wildman–Crippen LogP) is -0.146. The van der Waals surface area contributed by atoms with Crippen LogP contribution in [0.2, 0.25) is 0 Å². The maximum atomic E-state index is 9.83. The molecule has 0 amide bonds. The predicted molar refractivity (Wildman–Crippen MR) is 65.0 cm³/mol. The molecule has 0 saturated carbocycles. The zero-order valence-electron chi connectivity index (χ0n) is 11.0. The van der Waals surface area contributed by atoms with E-state index in [0.29, 0.717) is 19.7 Å². The molecule has 17 heavy (non-hydrogen) atoms.